The lowest BCUT2D eigenvalue weighted by atomic mass is 9.61. The van der Waals surface area contributed by atoms with Gasteiger partial charge in [-0.05, 0) is 79.8 Å². The summed E-state index contributed by atoms with van der Waals surface area (Å²) in [5.41, 5.74) is 9.51. The van der Waals surface area contributed by atoms with Crippen LogP contribution >= 0.6 is 0 Å². The Bertz CT molecular complexity index is 2650. The number of carbonyl (C=O) groups is 1. The van der Waals surface area contributed by atoms with E-state index >= 15 is 0 Å². The van der Waals surface area contributed by atoms with Crippen molar-refractivity contribution in [1.82, 2.24) is 9.97 Å². The fourth-order valence-electron chi connectivity index (χ4n) is 10.1. The molecule has 58 heavy (non-hydrogen) atoms. The molecule has 4 aliphatic rings. The average Bonchev–Trinajstić information content (AvgIpc) is 4.04. The first-order valence-electron chi connectivity index (χ1n) is 20.1. The third-order valence-corrected chi connectivity index (χ3v) is 12.4. The molecule has 3 saturated heterocycles. The average molecular weight is 773 g/mol. The Hall–Kier alpha value is -5.55. The number of benzene rings is 5. The number of rotatable bonds is 6. The highest BCUT2D eigenvalue weighted by atomic mass is 16.8. The van der Waals surface area contributed by atoms with Gasteiger partial charge in [-0.25, -0.2) is 4.79 Å². The van der Waals surface area contributed by atoms with Gasteiger partial charge >= 0.3 is 5.97 Å². The summed E-state index contributed by atoms with van der Waals surface area (Å²) < 4.78 is 37.3. The van der Waals surface area contributed by atoms with Crippen LogP contribution in [0.5, 0.6) is 0 Å². The first-order chi connectivity index (χ1) is 28.1. The van der Waals surface area contributed by atoms with Crippen LogP contribution < -0.4 is 0 Å². The first-order valence-corrected chi connectivity index (χ1v) is 20.1. The molecule has 2 N–H and O–H groups in total. The van der Waals surface area contributed by atoms with Crippen molar-refractivity contribution < 1.29 is 33.2 Å². The molecule has 0 unspecified atom stereocenters. The maximum absolute atomic E-state index is 14.6. The van der Waals surface area contributed by atoms with E-state index < -0.39 is 53.7 Å². The van der Waals surface area contributed by atoms with E-state index in [0.29, 0.717) is 5.56 Å². The Morgan fingerprint density at radius 2 is 1.24 bits per heavy atom. The zero-order chi connectivity index (χ0) is 39.4. The van der Waals surface area contributed by atoms with Gasteiger partial charge in [0.05, 0.1) is 12.2 Å². The van der Waals surface area contributed by atoms with Crippen LogP contribution in [0, 0.1) is 0 Å². The molecule has 292 valence electrons. The lowest BCUT2D eigenvalue weighted by Crippen LogP contribution is -2.45. The standard InChI is InChI=1S/C49H44N2O7/c1-47(2)53-27-36(56-47)40-41(42-46(55-40)58-48(3,4)57-42)54-45(52)29-24-25-35-33(26-29)39-37(28-16-8-5-9-17-28)38-32-22-14-15-23-34(32)50-43(38)49(44(39)51-35,30-18-10-6-11-19-30)31-20-12-7-13-21-31/h5-26,36-37,40-42,46,50-51H,27H2,1-4H3/t36-,37+,40-,41-,42-,46-/m1/s1. The molecule has 6 atom stereocenters. The quantitative estimate of drug-likeness (QED) is 0.163. The van der Waals surface area contributed by atoms with Gasteiger partial charge in [0.15, 0.2) is 30.1 Å². The molecule has 0 radical (unpaired) electrons. The van der Waals surface area contributed by atoms with Crippen LogP contribution in [0.3, 0.4) is 0 Å². The monoisotopic (exact) mass is 772 g/mol. The minimum absolute atomic E-state index is 0.176. The molecule has 5 heterocycles. The molecule has 5 aromatic carbocycles. The number of fused-ring (bicyclic) bond motifs is 7. The molecule has 3 fully saturated rings. The topological polar surface area (TPSA) is 104 Å². The van der Waals surface area contributed by atoms with Crippen molar-refractivity contribution in [3.05, 3.63) is 178 Å². The number of hydrogen-bond donors (Lipinski definition) is 2. The van der Waals surface area contributed by atoms with E-state index in [2.05, 4.69) is 125 Å². The van der Waals surface area contributed by atoms with Crippen molar-refractivity contribution in [3.8, 4) is 0 Å². The van der Waals surface area contributed by atoms with E-state index in [0.717, 1.165) is 55.4 Å². The van der Waals surface area contributed by atoms with Gasteiger partial charge in [0.25, 0.3) is 0 Å². The van der Waals surface area contributed by atoms with Crippen LogP contribution in [0.1, 0.15) is 83.2 Å². The van der Waals surface area contributed by atoms with E-state index in [-0.39, 0.29) is 12.5 Å². The van der Waals surface area contributed by atoms with Crippen LogP contribution in [0.4, 0.5) is 0 Å². The highest BCUT2D eigenvalue weighted by Gasteiger charge is 2.60. The lowest BCUT2D eigenvalue weighted by molar-refractivity contribution is -0.232. The highest BCUT2D eigenvalue weighted by Crippen LogP contribution is 2.58. The summed E-state index contributed by atoms with van der Waals surface area (Å²) in [6, 6.07) is 46.5. The number of para-hydroxylation sites is 1. The minimum atomic E-state index is -0.905. The van der Waals surface area contributed by atoms with Gasteiger partial charge in [-0.1, -0.05) is 109 Å². The van der Waals surface area contributed by atoms with Crippen molar-refractivity contribution in [3.63, 3.8) is 0 Å². The van der Waals surface area contributed by atoms with Gasteiger partial charge in [-0.3, -0.25) is 0 Å². The minimum Gasteiger partial charge on any atom is -0.453 e. The molecular weight excluding hydrogens is 729 g/mol. The SMILES string of the molecule is CC1(C)O[C@H]2O[C@H]([C@H]3COC(C)(C)O3)[C@@H](OC(=O)c3ccc4[nH]c5c(c4c3)[C@@H](c3ccccc3)c3c([nH]c4ccccc34)C5(c3ccccc3)c3ccccc3)[C@H]2O1. The van der Waals surface area contributed by atoms with Crippen molar-refractivity contribution >= 4 is 27.8 Å². The number of esters is 1. The van der Waals surface area contributed by atoms with Gasteiger partial charge in [-0.15, -0.1) is 0 Å². The van der Waals surface area contributed by atoms with E-state index in [1.807, 2.05) is 45.9 Å². The summed E-state index contributed by atoms with van der Waals surface area (Å²) in [5.74, 6) is -2.36. The number of H-pyrrole nitrogens is 2. The van der Waals surface area contributed by atoms with E-state index in [1.54, 1.807) is 0 Å². The summed E-state index contributed by atoms with van der Waals surface area (Å²) in [5, 5.41) is 2.10. The van der Waals surface area contributed by atoms with E-state index in [9.17, 15) is 4.79 Å². The van der Waals surface area contributed by atoms with Crippen LogP contribution in [0.25, 0.3) is 21.8 Å². The zero-order valence-electron chi connectivity index (χ0n) is 32.7. The summed E-state index contributed by atoms with van der Waals surface area (Å²) in [4.78, 5) is 22.5. The van der Waals surface area contributed by atoms with Crippen LogP contribution in [-0.4, -0.2) is 64.8 Å². The Morgan fingerprint density at radius 3 is 1.90 bits per heavy atom. The number of carbonyl (C=O) groups excluding carboxylic acids is 1. The number of aromatic amines is 2. The summed E-state index contributed by atoms with van der Waals surface area (Å²) in [6.07, 6.45) is -3.28. The van der Waals surface area contributed by atoms with Crippen molar-refractivity contribution in [2.75, 3.05) is 6.61 Å². The normalized spacial score (nSPS) is 26.3. The molecule has 3 aliphatic heterocycles. The second-order valence-electron chi connectivity index (χ2n) is 16.8. The van der Waals surface area contributed by atoms with Crippen LogP contribution in [0.15, 0.2) is 133 Å². The molecule has 1 aliphatic carbocycles. The molecule has 0 spiro atoms. The number of nitrogens with one attached hydrogen (secondary N) is 2. The van der Waals surface area contributed by atoms with Crippen LogP contribution in [0.2, 0.25) is 0 Å². The molecule has 2 aromatic heterocycles. The molecule has 9 heteroatoms. The van der Waals surface area contributed by atoms with Crippen LogP contribution in [-0.2, 0) is 33.8 Å². The Morgan fingerprint density at radius 1 is 0.638 bits per heavy atom. The Kier molecular flexibility index (Phi) is 7.97. The number of ether oxygens (including phenoxy) is 6. The summed E-state index contributed by atoms with van der Waals surface area (Å²) >= 11 is 0. The predicted molar refractivity (Wildman–Crippen MR) is 219 cm³/mol. The fraction of sp³-hybridized carbons (Fsp3) is 0.286. The van der Waals surface area contributed by atoms with Gasteiger partial charge < -0.3 is 38.4 Å². The third-order valence-electron chi connectivity index (χ3n) is 12.4. The van der Waals surface area contributed by atoms with Gasteiger partial charge in [0, 0.05) is 39.1 Å². The third kappa shape index (κ3) is 5.38. The zero-order valence-corrected chi connectivity index (χ0v) is 32.7. The van der Waals surface area contributed by atoms with Crippen molar-refractivity contribution in [1.29, 1.82) is 0 Å². The summed E-state index contributed by atoms with van der Waals surface area (Å²) in [6.45, 7) is 7.67. The first kappa shape index (κ1) is 35.6. The van der Waals surface area contributed by atoms with Crippen molar-refractivity contribution in [2.24, 2.45) is 0 Å². The smallest absolute Gasteiger partial charge is 0.338 e. The number of hydrogen-bond acceptors (Lipinski definition) is 7. The largest absolute Gasteiger partial charge is 0.453 e. The second-order valence-corrected chi connectivity index (χ2v) is 16.8. The lowest BCUT2D eigenvalue weighted by Gasteiger charge is -2.41. The molecule has 11 rings (SSSR count). The van der Waals surface area contributed by atoms with E-state index in [4.69, 9.17) is 28.4 Å². The Labute approximate surface area is 336 Å². The molecule has 9 nitrogen and oxygen atoms in total. The second kappa shape index (κ2) is 13.0. The molecule has 0 bridgehead atoms. The van der Waals surface area contributed by atoms with Gasteiger partial charge in [0.1, 0.15) is 17.6 Å². The molecule has 0 amide bonds. The maximum atomic E-state index is 14.6. The maximum Gasteiger partial charge on any atom is 0.338 e. The number of aromatic nitrogens is 2. The highest BCUT2D eigenvalue weighted by molar-refractivity contribution is 5.99. The predicted octanol–water partition coefficient (Wildman–Crippen LogP) is 9.08. The van der Waals surface area contributed by atoms with Gasteiger partial charge in [0.2, 0.25) is 0 Å². The van der Waals surface area contributed by atoms with Crippen molar-refractivity contribution in [2.45, 2.75) is 81.3 Å². The summed E-state index contributed by atoms with van der Waals surface area (Å²) in [7, 11) is 0. The van der Waals surface area contributed by atoms with Gasteiger partial charge in [-0.2, -0.15) is 0 Å². The molecular formula is C49H44N2O7. The van der Waals surface area contributed by atoms with E-state index in [1.165, 1.54) is 5.56 Å². The molecule has 0 saturated carbocycles. The fourth-order valence-corrected chi connectivity index (χ4v) is 10.1. The Balaban J connectivity index is 1.11. The molecule has 7 aromatic rings.